The van der Waals surface area contributed by atoms with Crippen LogP contribution in [0.5, 0.6) is 0 Å². The summed E-state index contributed by atoms with van der Waals surface area (Å²) in [6.45, 7) is 3.93. The molecule has 1 fully saturated rings. The number of halogens is 1. The molecule has 0 bridgehead atoms. The molecule has 2 nitrogen and oxygen atoms in total. The highest BCUT2D eigenvalue weighted by molar-refractivity contribution is 9.09. The molecule has 0 aromatic carbocycles. The summed E-state index contributed by atoms with van der Waals surface area (Å²) in [5, 5.41) is 2.08. The summed E-state index contributed by atoms with van der Waals surface area (Å²) in [6, 6.07) is 4.13. The Labute approximate surface area is 123 Å². The summed E-state index contributed by atoms with van der Waals surface area (Å²) in [5.41, 5.74) is 0. The molecule has 0 radical (unpaired) electrons. The number of hydrogen-bond donors (Lipinski definition) is 0. The van der Waals surface area contributed by atoms with Crippen molar-refractivity contribution in [2.24, 2.45) is 5.92 Å². The van der Waals surface area contributed by atoms with E-state index in [4.69, 9.17) is 0 Å². The summed E-state index contributed by atoms with van der Waals surface area (Å²) in [4.78, 5) is 15.9. The fourth-order valence-corrected chi connectivity index (χ4v) is 4.78. The number of carbonyl (C=O) groups is 1. The van der Waals surface area contributed by atoms with Crippen LogP contribution in [-0.4, -0.2) is 28.7 Å². The fraction of sp³-hybridized carbons (Fsp3) is 0.462. The zero-order valence-corrected chi connectivity index (χ0v) is 13.3. The number of piperidine rings is 1. The average molecular weight is 344 g/mol. The van der Waals surface area contributed by atoms with Gasteiger partial charge in [-0.1, -0.05) is 22.9 Å². The number of thiophene rings is 2. The third-order valence-electron chi connectivity index (χ3n) is 3.44. The highest BCUT2D eigenvalue weighted by atomic mass is 79.9. The molecule has 1 aliphatic heterocycles. The first kappa shape index (κ1) is 12.6. The summed E-state index contributed by atoms with van der Waals surface area (Å²) in [6.07, 6.45) is 1.05. The predicted molar refractivity (Wildman–Crippen MR) is 82.1 cm³/mol. The van der Waals surface area contributed by atoms with Crippen LogP contribution in [-0.2, 0) is 0 Å². The largest absolute Gasteiger partial charge is 0.338 e. The Bertz CT molecular complexity index is 548. The first-order valence-corrected chi connectivity index (χ1v) is 8.66. The highest BCUT2D eigenvalue weighted by Crippen LogP contribution is 2.32. The van der Waals surface area contributed by atoms with Crippen molar-refractivity contribution >= 4 is 53.9 Å². The first-order chi connectivity index (χ1) is 8.65. The van der Waals surface area contributed by atoms with Gasteiger partial charge in [0.05, 0.1) is 4.88 Å². The maximum absolute atomic E-state index is 12.4. The molecule has 3 rings (SSSR count). The van der Waals surface area contributed by atoms with Gasteiger partial charge in [-0.2, -0.15) is 0 Å². The molecule has 96 valence electrons. The second-order valence-electron chi connectivity index (χ2n) is 4.79. The van der Waals surface area contributed by atoms with E-state index < -0.39 is 0 Å². The van der Waals surface area contributed by atoms with Gasteiger partial charge in [0.25, 0.3) is 5.91 Å². The lowest BCUT2D eigenvalue weighted by atomic mass is 10.00. The molecule has 18 heavy (non-hydrogen) atoms. The molecule has 0 N–H and O–H groups in total. The number of hydrogen-bond acceptors (Lipinski definition) is 3. The van der Waals surface area contributed by atoms with Crippen molar-refractivity contribution in [2.75, 3.05) is 13.1 Å². The lowest BCUT2D eigenvalue weighted by molar-refractivity contribution is 0.0695. The van der Waals surface area contributed by atoms with Crippen molar-refractivity contribution < 1.29 is 4.79 Å². The number of fused-ring (bicyclic) bond motifs is 1. The SMILES string of the molecule is CC1CN(C(=O)c2cc3sccc3s2)CCC1Br. The summed E-state index contributed by atoms with van der Waals surface area (Å²) < 4.78 is 2.46. The Morgan fingerprint density at radius 1 is 1.50 bits per heavy atom. The Kier molecular flexibility index (Phi) is 3.47. The topological polar surface area (TPSA) is 20.3 Å². The van der Waals surface area contributed by atoms with E-state index >= 15 is 0 Å². The fourth-order valence-electron chi connectivity index (χ4n) is 2.33. The quantitative estimate of drug-likeness (QED) is 0.710. The molecule has 1 amide bonds. The second kappa shape index (κ2) is 4.94. The third-order valence-corrected chi connectivity index (χ3v) is 6.88. The minimum atomic E-state index is 0.203. The van der Waals surface area contributed by atoms with E-state index in [1.54, 1.807) is 22.7 Å². The van der Waals surface area contributed by atoms with E-state index in [-0.39, 0.29) is 5.91 Å². The summed E-state index contributed by atoms with van der Waals surface area (Å²) in [5.74, 6) is 0.735. The Balaban J connectivity index is 1.80. The van der Waals surface area contributed by atoms with Crippen molar-refractivity contribution in [2.45, 2.75) is 18.2 Å². The molecular formula is C13H14BrNOS2. The zero-order valence-electron chi connectivity index (χ0n) is 10.1. The highest BCUT2D eigenvalue weighted by Gasteiger charge is 2.28. The molecule has 2 aromatic rings. The van der Waals surface area contributed by atoms with Gasteiger partial charge >= 0.3 is 0 Å². The summed E-state index contributed by atoms with van der Waals surface area (Å²) >= 11 is 7.00. The maximum Gasteiger partial charge on any atom is 0.264 e. The molecule has 3 heterocycles. The van der Waals surface area contributed by atoms with E-state index in [2.05, 4.69) is 34.3 Å². The van der Waals surface area contributed by atoms with E-state index in [1.165, 1.54) is 9.40 Å². The van der Waals surface area contributed by atoms with Gasteiger partial charge in [0.2, 0.25) is 0 Å². The average Bonchev–Trinajstić information content (AvgIpc) is 2.92. The minimum absolute atomic E-state index is 0.203. The lowest BCUT2D eigenvalue weighted by Crippen LogP contribution is -2.43. The van der Waals surface area contributed by atoms with Crippen molar-refractivity contribution in [1.82, 2.24) is 4.90 Å². The van der Waals surface area contributed by atoms with Gasteiger partial charge in [0.1, 0.15) is 0 Å². The number of nitrogens with zero attached hydrogens (tertiary/aromatic N) is 1. The summed E-state index contributed by atoms with van der Waals surface area (Å²) in [7, 11) is 0. The van der Waals surface area contributed by atoms with Gasteiger partial charge in [0, 0.05) is 27.3 Å². The molecule has 0 aliphatic carbocycles. The minimum Gasteiger partial charge on any atom is -0.338 e. The molecule has 2 unspecified atom stereocenters. The Hall–Kier alpha value is -0.390. The molecule has 1 aliphatic rings. The van der Waals surface area contributed by atoms with Crippen LogP contribution in [0.3, 0.4) is 0 Å². The van der Waals surface area contributed by atoms with Crippen LogP contribution in [0.2, 0.25) is 0 Å². The van der Waals surface area contributed by atoms with Crippen LogP contribution >= 0.6 is 38.6 Å². The molecule has 0 spiro atoms. The third kappa shape index (κ3) is 2.24. The monoisotopic (exact) mass is 343 g/mol. The smallest absolute Gasteiger partial charge is 0.264 e. The van der Waals surface area contributed by atoms with Gasteiger partial charge in [-0.15, -0.1) is 22.7 Å². The molecule has 0 saturated carbocycles. The van der Waals surface area contributed by atoms with Crippen molar-refractivity contribution in [3.05, 3.63) is 22.4 Å². The number of likely N-dealkylation sites (tertiary alicyclic amines) is 1. The lowest BCUT2D eigenvalue weighted by Gasteiger charge is -2.34. The first-order valence-electron chi connectivity index (χ1n) is 6.05. The van der Waals surface area contributed by atoms with Crippen molar-refractivity contribution in [1.29, 1.82) is 0 Å². The number of alkyl halides is 1. The van der Waals surface area contributed by atoms with E-state index in [9.17, 15) is 4.79 Å². The Morgan fingerprint density at radius 3 is 3.06 bits per heavy atom. The van der Waals surface area contributed by atoms with Gasteiger partial charge in [-0.05, 0) is 29.9 Å². The molecule has 2 atom stereocenters. The second-order valence-corrected chi connectivity index (χ2v) is 8.00. The van der Waals surface area contributed by atoms with Gasteiger partial charge in [0.15, 0.2) is 0 Å². The van der Waals surface area contributed by atoms with E-state index in [0.717, 1.165) is 24.4 Å². The van der Waals surface area contributed by atoms with Crippen molar-refractivity contribution in [3.63, 3.8) is 0 Å². The molecule has 5 heteroatoms. The molecular weight excluding hydrogens is 330 g/mol. The normalized spacial score (nSPS) is 24.7. The van der Waals surface area contributed by atoms with Crippen molar-refractivity contribution in [3.8, 4) is 0 Å². The number of rotatable bonds is 1. The van der Waals surface area contributed by atoms with Crippen LogP contribution < -0.4 is 0 Å². The van der Waals surface area contributed by atoms with Crippen LogP contribution in [0.25, 0.3) is 9.40 Å². The van der Waals surface area contributed by atoms with E-state index in [1.807, 2.05) is 11.0 Å². The van der Waals surface area contributed by atoms with Crippen LogP contribution in [0, 0.1) is 5.92 Å². The maximum atomic E-state index is 12.4. The van der Waals surface area contributed by atoms with Gasteiger partial charge < -0.3 is 4.90 Å². The number of carbonyl (C=O) groups excluding carboxylic acids is 1. The standard InChI is InChI=1S/C13H14BrNOS2/c1-8-7-15(4-2-9(8)14)13(16)12-6-11-10(18-12)3-5-17-11/h3,5-6,8-9H,2,4,7H2,1H3. The van der Waals surface area contributed by atoms with Crippen LogP contribution in [0.15, 0.2) is 17.5 Å². The van der Waals surface area contributed by atoms with Gasteiger partial charge in [-0.25, -0.2) is 0 Å². The zero-order chi connectivity index (χ0) is 12.7. The molecule has 2 aromatic heterocycles. The van der Waals surface area contributed by atoms with E-state index in [0.29, 0.717) is 10.7 Å². The van der Waals surface area contributed by atoms with Crippen LogP contribution in [0.4, 0.5) is 0 Å². The Morgan fingerprint density at radius 2 is 2.33 bits per heavy atom. The van der Waals surface area contributed by atoms with Crippen LogP contribution in [0.1, 0.15) is 23.0 Å². The predicted octanol–water partition coefficient (Wildman–Crippen LogP) is 4.21. The van der Waals surface area contributed by atoms with Gasteiger partial charge in [-0.3, -0.25) is 4.79 Å². The molecule has 1 saturated heterocycles. The number of amides is 1.